The van der Waals surface area contributed by atoms with Gasteiger partial charge in [-0.2, -0.15) is 0 Å². The van der Waals surface area contributed by atoms with Crippen LogP contribution in [0.5, 0.6) is 0 Å². The lowest BCUT2D eigenvalue weighted by Crippen LogP contribution is -1.94. The molecule has 0 saturated heterocycles. The Bertz CT molecular complexity index is 1020. The van der Waals surface area contributed by atoms with Gasteiger partial charge in [-0.3, -0.25) is 0 Å². The highest BCUT2D eigenvalue weighted by atomic mass is 14.8. The van der Waals surface area contributed by atoms with E-state index >= 15 is 0 Å². The number of benzene rings is 3. The Hall–Kier alpha value is -3.07. The molecule has 118 valence electrons. The van der Waals surface area contributed by atoms with E-state index in [-0.39, 0.29) is 0 Å². The molecule has 3 heteroatoms. The fraction of sp³-hybridized carbons (Fsp3) is 0.0952. The van der Waals surface area contributed by atoms with Gasteiger partial charge in [-0.15, -0.1) is 0 Å². The fourth-order valence-electron chi connectivity index (χ4n) is 3.13. The Morgan fingerprint density at radius 2 is 1.33 bits per heavy atom. The van der Waals surface area contributed by atoms with Crippen molar-refractivity contribution in [2.24, 2.45) is 0 Å². The molecule has 24 heavy (non-hydrogen) atoms. The van der Waals surface area contributed by atoms with Crippen LogP contribution in [0.15, 0.2) is 66.7 Å². The van der Waals surface area contributed by atoms with E-state index in [0.717, 1.165) is 33.5 Å². The highest BCUT2D eigenvalue weighted by molar-refractivity contribution is 6.12. The van der Waals surface area contributed by atoms with Crippen molar-refractivity contribution >= 4 is 33.1 Å². The van der Waals surface area contributed by atoms with Crippen molar-refractivity contribution in [3.05, 3.63) is 66.7 Å². The Morgan fingerprint density at radius 1 is 0.667 bits per heavy atom. The standard InChI is InChI=1S/C21H19N3/c1-22-15-8-10-17-18-11-9-16(23-2)13-20(18)24-21(19(17)12-15)14-6-4-3-5-7-14/h3-13,22-23H,1-2H3. The summed E-state index contributed by atoms with van der Waals surface area (Å²) in [5.74, 6) is 0. The van der Waals surface area contributed by atoms with Crippen LogP contribution < -0.4 is 10.6 Å². The number of hydrogen-bond donors (Lipinski definition) is 2. The molecule has 0 aliphatic heterocycles. The largest absolute Gasteiger partial charge is 0.388 e. The molecule has 1 heterocycles. The number of anilines is 2. The van der Waals surface area contributed by atoms with E-state index in [1.54, 1.807) is 0 Å². The molecule has 2 N–H and O–H groups in total. The lowest BCUT2D eigenvalue weighted by molar-refractivity contribution is 1.41. The Morgan fingerprint density at radius 3 is 2.04 bits per heavy atom. The van der Waals surface area contributed by atoms with Gasteiger partial charge in [0.1, 0.15) is 0 Å². The van der Waals surface area contributed by atoms with E-state index in [2.05, 4.69) is 71.3 Å². The molecular formula is C21H19N3. The van der Waals surface area contributed by atoms with Gasteiger partial charge in [-0.25, -0.2) is 4.98 Å². The van der Waals surface area contributed by atoms with Gasteiger partial charge in [0.05, 0.1) is 11.2 Å². The number of rotatable bonds is 3. The number of fused-ring (bicyclic) bond motifs is 3. The van der Waals surface area contributed by atoms with Gasteiger partial charge in [0.15, 0.2) is 0 Å². The van der Waals surface area contributed by atoms with E-state index in [0.29, 0.717) is 0 Å². The quantitative estimate of drug-likeness (QED) is 0.514. The lowest BCUT2D eigenvalue weighted by atomic mass is 9.99. The zero-order valence-electron chi connectivity index (χ0n) is 13.8. The van der Waals surface area contributed by atoms with Crippen molar-refractivity contribution in [3.8, 4) is 11.3 Å². The second-order valence-electron chi connectivity index (χ2n) is 5.82. The summed E-state index contributed by atoms with van der Waals surface area (Å²) < 4.78 is 0. The monoisotopic (exact) mass is 313 g/mol. The first-order chi connectivity index (χ1) is 11.8. The highest BCUT2D eigenvalue weighted by Gasteiger charge is 2.11. The van der Waals surface area contributed by atoms with Gasteiger partial charge >= 0.3 is 0 Å². The fourth-order valence-corrected chi connectivity index (χ4v) is 3.13. The summed E-state index contributed by atoms with van der Waals surface area (Å²) in [6.07, 6.45) is 0. The maximum absolute atomic E-state index is 4.99. The van der Waals surface area contributed by atoms with E-state index in [1.165, 1.54) is 10.8 Å². The van der Waals surface area contributed by atoms with Crippen LogP contribution in [0.1, 0.15) is 0 Å². The highest BCUT2D eigenvalue weighted by Crippen LogP contribution is 2.34. The topological polar surface area (TPSA) is 37.0 Å². The average molecular weight is 313 g/mol. The molecule has 4 aromatic rings. The zero-order chi connectivity index (χ0) is 16.5. The van der Waals surface area contributed by atoms with Crippen LogP contribution in [0.25, 0.3) is 32.9 Å². The van der Waals surface area contributed by atoms with Crippen LogP contribution in [-0.4, -0.2) is 19.1 Å². The summed E-state index contributed by atoms with van der Waals surface area (Å²) in [6, 6.07) is 23.2. The van der Waals surface area contributed by atoms with Crippen LogP contribution in [0.3, 0.4) is 0 Å². The number of hydrogen-bond acceptors (Lipinski definition) is 3. The van der Waals surface area contributed by atoms with E-state index in [9.17, 15) is 0 Å². The second-order valence-corrected chi connectivity index (χ2v) is 5.82. The number of aromatic nitrogens is 1. The summed E-state index contributed by atoms with van der Waals surface area (Å²) in [4.78, 5) is 4.99. The Kier molecular flexibility index (Phi) is 3.54. The third kappa shape index (κ3) is 2.35. The molecular weight excluding hydrogens is 294 g/mol. The number of nitrogens with zero attached hydrogens (tertiary/aromatic N) is 1. The lowest BCUT2D eigenvalue weighted by Gasteiger charge is -2.12. The van der Waals surface area contributed by atoms with Crippen LogP contribution in [-0.2, 0) is 0 Å². The molecule has 1 aromatic heterocycles. The van der Waals surface area contributed by atoms with E-state index in [4.69, 9.17) is 4.98 Å². The molecule has 0 fully saturated rings. The predicted octanol–water partition coefficient (Wildman–Crippen LogP) is 5.14. The molecule has 0 aliphatic carbocycles. The van der Waals surface area contributed by atoms with Crippen LogP contribution in [0.4, 0.5) is 11.4 Å². The molecule has 0 atom stereocenters. The molecule has 0 amide bonds. The van der Waals surface area contributed by atoms with Crippen molar-refractivity contribution in [1.29, 1.82) is 0 Å². The van der Waals surface area contributed by atoms with Gasteiger partial charge in [0, 0.05) is 41.8 Å². The van der Waals surface area contributed by atoms with Gasteiger partial charge in [0.2, 0.25) is 0 Å². The summed E-state index contributed by atoms with van der Waals surface area (Å²) in [6.45, 7) is 0. The third-order valence-corrected chi connectivity index (χ3v) is 4.42. The molecule has 0 aliphatic rings. The molecule has 0 unspecified atom stereocenters. The first-order valence-corrected chi connectivity index (χ1v) is 8.08. The van der Waals surface area contributed by atoms with E-state index in [1.807, 2.05) is 20.2 Å². The van der Waals surface area contributed by atoms with Gasteiger partial charge in [-0.05, 0) is 29.7 Å². The summed E-state index contributed by atoms with van der Waals surface area (Å²) >= 11 is 0. The number of nitrogens with one attached hydrogen (secondary N) is 2. The average Bonchev–Trinajstić information content (AvgIpc) is 2.67. The van der Waals surface area contributed by atoms with Crippen molar-refractivity contribution in [2.75, 3.05) is 24.7 Å². The molecule has 0 bridgehead atoms. The maximum Gasteiger partial charge on any atom is 0.0788 e. The minimum absolute atomic E-state index is 1.01. The molecule has 3 aromatic carbocycles. The van der Waals surface area contributed by atoms with Crippen LogP contribution in [0, 0.1) is 0 Å². The predicted molar refractivity (Wildman–Crippen MR) is 104 cm³/mol. The summed E-state index contributed by atoms with van der Waals surface area (Å²) in [5, 5.41) is 9.98. The van der Waals surface area contributed by atoms with Gasteiger partial charge in [-0.1, -0.05) is 42.5 Å². The molecule has 0 radical (unpaired) electrons. The van der Waals surface area contributed by atoms with Crippen molar-refractivity contribution < 1.29 is 0 Å². The molecule has 4 rings (SSSR count). The Labute approximate surface area is 141 Å². The normalized spacial score (nSPS) is 10.9. The first-order valence-electron chi connectivity index (χ1n) is 8.08. The molecule has 3 nitrogen and oxygen atoms in total. The van der Waals surface area contributed by atoms with Crippen molar-refractivity contribution in [3.63, 3.8) is 0 Å². The molecule has 0 saturated carbocycles. The third-order valence-electron chi connectivity index (χ3n) is 4.42. The van der Waals surface area contributed by atoms with Crippen LogP contribution >= 0.6 is 0 Å². The van der Waals surface area contributed by atoms with Gasteiger partial charge in [0.25, 0.3) is 0 Å². The van der Waals surface area contributed by atoms with Crippen molar-refractivity contribution in [1.82, 2.24) is 4.98 Å². The maximum atomic E-state index is 4.99. The second kappa shape index (κ2) is 5.85. The minimum atomic E-state index is 1.01. The summed E-state index contributed by atoms with van der Waals surface area (Å²) in [7, 11) is 3.87. The molecule has 0 spiro atoms. The number of pyridine rings is 1. The first kappa shape index (κ1) is 14.5. The van der Waals surface area contributed by atoms with Crippen molar-refractivity contribution in [2.45, 2.75) is 0 Å². The van der Waals surface area contributed by atoms with Crippen LogP contribution in [0.2, 0.25) is 0 Å². The van der Waals surface area contributed by atoms with Gasteiger partial charge < -0.3 is 10.6 Å². The zero-order valence-corrected chi connectivity index (χ0v) is 13.8. The summed E-state index contributed by atoms with van der Waals surface area (Å²) in [5.41, 5.74) is 5.31. The van der Waals surface area contributed by atoms with E-state index < -0.39 is 0 Å². The smallest absolute Gasteiger partial charge is 0.0788 e. The Balaban J connectivity index is 2.13. The SMILES string of the molecule is CNc1ccc2c(c1)nc(-c1ccccc1)c1cc(NC)ccc12. The minimum Gasteiger partial charge on any atom is -0.388 e.